The van der Waals surface area contributed by atoms with E-state index in [1.54, 1.807) is 10.9 Å². The summed E-state index contributed by atoms with van der Waals surface area (Å²) in [6, 6.07) is 32.8. The first-order valence-corrected chi connectivity index (χ1v) is 15.3. The SMILES string of the molecule is CC1=C(c2ccccc2)[P@]2C[C@@]1(C)C(c1ccccc1)[C@@H]2[C@H](N[S@+]([O-])C(C)(C)C)c1ccccc1. The predicted octanol–water partition coefficient (Wildman–Crippen LogP) is 7.88. The van der Waals surface area contributed by atoms with E-state index in [1.807, 2.05) is 0 Å². The molecule has 0 radical (unpaired) electrons. The Bertz CT molecular complexity index is 1190. The molecule has 4 heteroatoms. The minimum Gasteiger partial charge on any atom is -0.598 e. The van der Waals surface area contributed by atoms with E-state index >= 15 is 0 Å². The average Bonchev–Trinajstić information content (AvgIpc) is 3.30. The summed E-state index contributed by atoms with van der Waals surface area (Å²) >= 11 is -1.17. The Kier molecular flexibility index (Phi) is 6.74. The largest absolute Gasteiger partial charge is 0.598 e. The molecule has 35 heavy (non-hydrogen) atoms. The predicted molar refractivity (Wildman–Crippen MR) is 152 cm³/mol. The van der Waals surface area contributed by atoms with Crippen LogP contribution >= 0.6 is 7.92 Å². The summed E-state index contributed by atoms with van der Waals surface area (Å²) < 4.78 is 16.9. The summed E-state index contributed by atoms with van der Waals surface area (Å²) in [6.45, 7) is 11.0. The molecule has 182 valence electrons. The Morgan fingerprint density at radius 3 is 2.03 bits per heavy atom. The van der Waals surface area contributed by atoms with E-state index in [-0.39, 0.29) is 16.2 Å². The Labute approximate surface area is 215 Å². The maximum absolute atomic E-state index is 13.5. The number of allylic oxidation sites excluding steroid dienone is 1. The average molecular weight is 502 g/mol. The Morgan fingerprint density at radius 2 is 1.46 bits per heavy atom. The van der Waals surface area contributed by atoms with E-state index in [4.69, 9.17) is 0 Å². The van der Waals surface area contributed by atoms with Gasteiger partial charge in [-0.15, -0.1) is 4.72 Å². The first-order chi connectivity index (χ1) is 16.7. The summed E-state index contributed by atoms with van der Waals surface area (Å²) in [5, 5.41) is 1.56. The molecule has 5 rings (SSSR count). The van der Waals surface area contributed by atoms with Gasteiger partial charge in [0.15, 0.2) is 0 Å². The van der Waals surface area contributed by atoms with Gasteiger partial charge in [-0.25, -0.2) is 0 Å². The third-order valence-electron chi connectivity index (χ3n) is 7.88. The Balaban J connectivity index is 1.69. The van der Waals surface area contributed by atoms with E-state index in [2.05, 4.69) is 130 Å². The third kappa shape index (κ3) is 4.42. The van der Waals surface area contributed by atoms with Crippen molar-refractivity contribution in [3.05, 3.63) is 113 Å². The van der Waals surface area contributed by atoms with E-state index in [1.165, 1.54) is 22.9 Å². The van der Waals surface area contributed by atoms with E-state index in [0.29, 0.717) is 11.6 Å². The molecule has 0 spiro atoms. The van der Waals surface area contributed by atoms with Gasteiger partial charge in [0.1, 0.15) is 4.75 Å². The molecule has 6 atom stereocenters. The first kappa shape index (κ1) is 24.8. The molecule has 2 aliphatic heterocycles. The number of hydrogen-bond donors (Lipinski definition) is 1. The van der Waals surface area contributed by atoms with Crippen LogP contribution in [0.25, 0.3) is 5.31 Å². The molecule has 2 nitrogen and oxygen atoms in total. The van der Waals surface area contributed by atoms with Crippen molar-refractivity contribution in [2.75, 3.05) is 6.16 Å². The summed E-state index contributed by atoms with van der Waals surface area (Å²) in [6.07, 6.45) is 1.19. The standard InChI is InChI=1S/C31H36NOPS/c1-22-28(25-19-13-8-14-20-25)34-21-31(22,5)26(23-15-9-6-10-16-23)29(34)27(24-17-11-7-12-18-24)32-35(33)30(2,3)4/h6-20,26-27,29,32H,21H2,1-5H3/t26?,27-,29-,31-,34+,35-/m1/s1. The van der Waals surface area contributed by atoms with Gasteiger partial charge < -0.3 is 4.55 Å². The second-order valence-electron chi connectivity index (χ2n) is 11.2. The Hall–Kier alpha value is -1.90. The fourth-order valence-electron chi connectivity index (χ4n) is 6.04. The van der Waals surface area contributed by atoms with Crippen LogP contribution in [0.1, 0.15) is 63.3 Å². The molecule has 0 aromatic heterocycles. The van der Waals surface area contributed by atoms with Crippen molar-refractivity contribution >= 4 is 24.6 Å². The second kappa shape index (κ2) is 9.52. The molecule has 0 aliphatic carbocycles. The van der Waals surface area contributed by atoms with Gasteiger partial charge in [-0.05, 0) is 55.9 Å². The van der Waals surface area contributed by atoms with Crippen LogP contribution in [0.3, 0.4) is 0 Å². The molecule has 1 unspecified atom stereocenters. The smallest absolute Gasteiger partial charge is 0.136 e. The topological polar surface area (TPSA) is 35.1 Å². The summed E-state index contributed by atoms with van der Waals surface area (Å²) in [5.41, 5.74) is 5.98. The van der Waals surface area contributed by atoms with Crippen LogP contribution in [0.2, 0.25) is 0 Å². The first-order valence-electron chi connectivity index (χ1n) is 12.5. The lowest BCUT2D eigenvalue weighted by Crippen LogP contribution is -2.46. The molecule has 0 amide bonds. The number of hydrogen-bond acceptors (Lipinski definition) is 2. The van der Waals surface area contributed by atoms with Gasteiger partial charge in [-0.3, -0.25) is 0 Å². The molecule has 2 bridgehead atoms. The van der Waals surface area contributed by atoms with Crippen molar-refractivity contribution in [3.63, 3.8) is 0 Å². The highest BCUT2D eigenvalue weighted by molar-refractivity contribution is 7.90. The highest BCUT2D eigenvalue weighted by Crippen LogP contribution is 2.80. The molecule has 1 fully saturated rings. The molecule has 0 saturated carbocycles. The van der Waals surface area contributed by atoms with Crippen LogP contribution in [-0.2, 0) is 11.4 Å². The highest BCUT2D eigenvalue weighted by atomic mass is 32.2. The maximum Gasteiger partial charge on any atom is 0.136 e. The van der Waals surface area contributed by atoms with Gasteiger partial charge in [0.25, 0.3) is 0 Å². The van der Waals surface area contributed by atoms with E-state index in [9.17, 15) is 4.55 Å². The summed E-state index contributed by atoms with van der Waals surface area (Å²) in [7, 11) is -0.470. The van der Waals surface area contributed by atoms with Crippen LogP contribution < -0.4 is 4.72 Å². The number of rotatable bonds is 6. The van der Waals surface area contributed by atoms with Crippen molar-refractivity contribution in [3.8, 4) is 0 Å². The van der Waals surface area contributed by atoms with Crippen LogP contribution in [0.5, 0.6) is 0 Å². The van der Waals surface area contributed by atoms with Crippen LogP contribution in [0, 0.1) is 5.41 Å². The molecule has 1 saturated heterocycles. The number of benzene rings is 3. The molecular weight excluding hydrogens is 465 g/mol. The summed E-state index contributed by atoms with van der Waals surface area (Å²) in [4.78, 5) is 0. The van der Waals surface area contributed by atoms with Crippen molar-refractivity contribution in [2.45, 2.75) is 57.0 Å². The van der Waals surface area contributed by atoms with Crippen molar-refractivity contribution in [2.24, 2.45) is 5.41 Å². The highest BCUT2D eigenvalue weighted by Gasteiger charge is 2.61. The molecule has 1 N–H and O–H groups in total. The zero-order valence-electron chi connectivity index (χ0n) is 21.4. The van der Waals surface area contributed by atoms with Gasteiger partial charge in [0.05, 0.1) is 6.04 Å². The molecular formula is C31H36NOPS. The molecule has 2 heterocycles. The van der Waals surface area contributed by atoms with Crippen LogP contribution in [-0.4, -0.2) is 21.1 Å². The van der Waals surface area contributed by atoms with Gasteiger partial charge >= 0.3 is 0 Å². The van der Waals surface area contributed by atoms with Gasteiger partial charge in [-0.1, -0.05) is 111 Å². The van der Waals surface area contributed by atoms with E-state index in [0.717, 1.165) is 0 Å². The number of nitrogens with one attached hydrogen (secondary N) is 1. The second-order valence-corrected chi connectivity index (χ2v) is 15.4. The lowest BCUT2D eigenvalue weighted by Gasteiger charge is -2.43. The minimum atomic E-state index is -1.17. The quantitative estimate of drug-likeness (QED) is 0.275. The van der Waals surface area contributed by atoms with Crippen molar-refractivity contribution in [1.82, 2.24) is 4.72 Å². The zero-order valence-corrected chi connectivity index (χ0v) is 23.1. The van der Waals surface area contributed by atoms with Gasteiger partial charge in [-0.2, -0.15) is 0 Å². The van der Waals surface area contributed by atoms with Gasteiger partial charge in [0, 0.05) is 28.4 Å². The lowest BCUT2D eigenvalue weighted by atomic mass is 9.67. The molecule has 2 aliphatic rings. The van der Waals surface area contributed by atoms with E-state index < -0.39 is 19.3 Å². The van der Waals surface area contributed by atoms with Crippen molar-refractivity contribution in [1.29, 1.82) is 0 Å². The van der Waals surface area contributed by atoms with Crippen LogP contribution in [0.15, 0.2) is 96.6 Å². The zero-order chi connectivity index (χ0) is 24.8. The minimum absolute atomic E-state index is 0.0150. The summed E-state index contributed by atoms with van der Waals surface area (Å²) in [5.74, 6) is 0.372. The fourth-order valence-corrected chi connectivity index (χ4v) is 11.5. The fraction of sp³-hybridized carbons (Fsp3) is 0.355. The molecule has 3 aromatic carbocycles. The Morgan fingerprint density at radius 1 is 0.914 bits per heavy atom. The number of fused-ring (bicyclic) bond motifs is 2. The third-order valence-corrected chi connectivity index (χ3v) is 12.9. The molecule has 3 aromatic rings. The lowest BCUT2D eigenvalue weighted by molar-refractivity contribution is 0.345. The monoisotopic (exact) mass is 501 g/mol. The normalized spacial score (nSPS) is 27.8. The maximum atomic E-state index is 13.5. The van der Waals surface area contributed by atoms with Crippen molar-refractivity contribution < 1.29 is 4.55 Å². The van der Waals surface area contributed by atoms with Gasteiger partial charge in [0.2, 0.25) is 0 Å². The van der Waals surface area contributed by atoms with Crippen LogP contribution in [0.4, 0.5) is 0 Å².